The third-order valence-electron chi connectivity index (χ3n) is 5.35. The molecule has 0 bridgehead atoms. The molecule has 2 fully saturated rings. The Bertz CT molecular complexity index is 720. The highest BCUT2D eigenvalue weighted by atomic mass is 16.3. The lowest BCUT2D eigenvalue weighted by Crippen LogP contribution is -2.49. The number of rotatable bonds is 5. The van der Waals surface area contributed by atoms with Crippen molar-refractivity contribution in [3.63, 3.8) is 0 Å². The van der Waals surface area contributed by atoms with Crippen LogP contribution in [0, 0.1) is 5.92 Å². The predicted octanol–water partition coefficient (Wildman–Crippen LogP) is 3.08. The van der Waals surface area contributed by atoms with Gasteiger partial charge in [-0.2, -0.15) is 0 Å². The molecule has 25 heavy (non-hydrogen) atoms. The number of hydrogen-bond donors (Lipinski definition) is 0. The maximum atomic E-state index is 12.5. The molecule has 0 N–H and O–H groups in total. The molecule has 0 radical (unpaired) electrons. The highest BCUT2D eigenvalue weighted by molar-refractivity contribution is 5.76. The van der Waals surface area contributed by atoms with E-state index in [0.717, 1.165) is 49.4 Å². The summed E-state index contributed by atoms with van der Waals surface area (Å²) in [5.41, 5.74) is 0. The molecule has 5 heteroatoms. The minimum absolute atomic E-state index is 0.221. The third kappa shape index (κ3) is 3.70. The number of aryl methyl sites for hydroxylation is 1. The van der Waals surface area contributed by atoms with E-state index in [9.17, 15) is 4.79 Å². The molecule has 1 saturated heterocycles. The van der Waals surface area contributed by atoms with Gasteiger partial charge < -0.3 is 14.2 Å². The number of anilines is 1. The highest BCUT2D eigenvalue weighted by Gasteiger charge is 2.36. The lowest BCUT2D eigenvalue weighted by atomic mass is 10.2. The SMILES string of the molecule is C[C@H]1C[C@@H]1c1ccc(CCC(=O)N2CCN(c3ccccn3)CC2)o1. The second-order valence-corrected chi connectivity index (χ2v) is 7.18. The van der Waals surface area contributed by atoms with Crippen molar-refractivity contribution in [1.29, 1.82) is 0 Å². The van der Waals surface area contributed by atoms with Crippen LogP contribution in [0.15, 0.2) is 40.9 Å². The van der Waals surface area contributed by atoms with Gasteiger partial charge in [-0.05, 0) is 36.6 Å². The Morgan fingerprint density at radius 1 is 1.20 bits per heavy atom. The molecule has 1 aliphatic heterocycles. The van der Waals surface area contributed by atoms with Gasteiger partial charge in [-0.15, -0.1) is 0 Å². The number of pyridine rings is 1. The number of nitrogens with zero attached hydrogens (tertiary/aromatic N) is 3. The number of carbonyl (C=O) groups is 1. The summed E-state index contributed by atoms with van der Waals surface area (Å²) >= 11 is 0. The number of piperazine rings is 1. The normalized spacial score (nSPS) is 22.9. The van der Waals surface area contributed by atoms with Crippen molar-refractivity contribution in [2.24, 2.45) is 5.92 Å². The van der Waals surface area contributed by atoms with Crippen molar-refractivity contribution in [2.75, 3.05) is 31.1 Å². The molecule has 0 aromatic carbocycles. The number of furan rings is 1. The van der Waals surface area contributed by atoms with Crippen LogP contribution in [0.2, 0.25) is 0 Å². The summed E-state index contributed by atoms with van der Waals surface area (Å²) in [6.45, 7) is 5.46. The first kappa shape index (κ1) is 16.2. The van der Waals surface area contributed by atoms with E-state index in [4.69, 9.17) is 4.42 Å². The zero-order chi connectivity index (χ0) is 17.2. The topological polar surface area (TPSA) is 49.6 Å². The molecule has 2 aromatic rings. The smallest absolute Gasteiger partial charge is 0.223 e. The van der Waals surface area contributed by atoms with Gasteiger partial charge in [-0.25, -0.2) is 4.98 Å². The van der Waals surface area contributed by atoms with Crippen LogP contribution in [0.1, 0.15) is 37.2 Å². The van der Waals surface area contributed by atoms with Gasteiger partial charge in [0.15, 0.2) is 0 Å². The average molecular weight is 339 g/mol. The van der Waals surface area contributed by atoms with Gasteiger partial charge in [0, 0.05) is 51.1 Å². The zero-order valence-electron chi connectivity index (χ0n) is 14.7. The van der Waals surface area contributed by atoms with Crippen molar-refractivity contribution in [2.45, 2.75) is 32.1 Å². The zero-order valence-corrected chi connectivity index (χ0v) is 14.7. The number of aromatic nitrogens is 1. The summed E-state index contributed by atoms with van der Waals surface area (Å²) in [6.07, 6.45) is 4.26. The van der Waals surface area contributed by atoms with Crippen LogP contribution in [0.25, 0.3) is 0 Å². The fourth-order valence-corrected chi connectivity index (χ4v) is 3.56. The number of hydrogen-bond acceptors (Lipinski definition) is 4. The van der Waals surface area contributed by atoms with Crippen molar-refractivity contribution < 1.29 is 9.21 Å². The number of carbonyl (C=O) groups excluding carboxylic acids is 1. The van der Waals surface area contributed by atoms with Crippen molar-refractivity contribution >= 4 is 11.7 Å². The molecule has 132 valence electrons. The highest BCUT2D eigenvalue weighted by Crippen LogP contribution is 2.47. The Balaban J connectivity index is 1.24. The van der Waals surface area contributed by atoms with Crippen LogP contribution in [-0.2, 0) is 11.2 Å². The van der Waals surface area contributed by atoms with E-state index >= 15 is 0 Å². The second-order valence-electron chi connectivity index (χ2n) is 7.18. The minimum Gasteiger partial charge on any atom is -0.466 e. The predicted molar refractivity (Wildman–Crippen MR) is 96.6 cm³/mol. The van der Waals surface area contributed by atoms with Gasteiger partial charge in [-0.3, -0.25) is 4.79 Å². The molecule has 2 atom stereocenters. The third-order valence-corrected chi connectivity index (χ3v) is 5.35. The number of amides is 1. The minimum atomic E-state index is 0.221. The van der Waals surface area contributed by atoms with Gasteiger partial charge in [0.1, 0.15) is 17.3 Å². The van der Waals surface area contributed by atoms with Gasteiger partial charge in [0.05, 0.1) is 0 Å². The Kier molecular flexibility index (Phi) is 4.47. The molecule has 0 unspecified atom stereocenters. The lowest BCUT2D eigenvalue weighted by Gasteiger charge is -2.35. The summed E-state index contributed by atoms with van der Waals surface area (Å²) in [5.74, 6) is 4.60. The van der Waals surface area contributed by atoms with Crippen LogP contribution in [-0.4, -0.2) is 42.0 Å². The van der Waals surface area contributed by atoms with Crippen LogP contribution in [0.4, 0.5) is 5.82 Å². The van der Waals surface area contributed by atoms with Crippen LogP contribution in [0.5, 0.6) is 0 Å². The van der Waals surface area contributed by atoms with E-state index in [-0.39, 0.29) is 5.91 Å². The molecule has 1 saturated carbocycles. The fourth-order valence-electron chi connectivity index (χ4n) is 3.56. The van der Waals surface area contributed by atoms with Crippen LogP contribution >= 0.6 is 0 Å². The molecule has 4 rings (SSSR count). The first-order valence-electron chi connectivity index (χ1n) is 9.23. The second kappa shape index (κ2) is 6.90. The van der Waals surface area contributed by atoms with Crippen molar-refractivity contribution in [1.82, 2.24) is 9.88 Å². The van der Waals surface area contributed by atoms with Gasteiger partial charge in [0.25, 0.3) is 0 Å². The quantitative estimate of drug-likeness (QED) is 0.840. The maximum absolute atomic E-state index is 12.5. The molecule has 1 aliphatic carbocycles. The summed E-state index contributed by atoms with van der Waals surface area (Å²) in [4.78, 5) is 21.1. The van der Waals surface area contributed by atoms with E-state index in [1.807, 2.05) is 35.4 Å². The molecular weight excluding hydrogens is 314 g/mol. The summed E-state index contributed by atoms with van der Waals surface area (Å²) in [5, 5.41) is 0. The largest absolute Gasteiger partial charge is 0.466 e. The first-order valence-corrected chi connectivity index (χ1v) is 9.23. The summed E-state index contributed by atoms with van der Waals surface area (Å²) < 4.78 is 5.90. The maximum Gasteiger partial charge on any atom is 0.223 e. The van der Waals surface area contributed by atoms with Crippen LogP contribution in [0.3, 0.4) is 0 Å². The molecule has 2 aromatic heterocycles. The van der Waals surface area contributed by atoms with Gasteiger partial charge >= 0.3 is 0 Å². The standard InChI is InChI=1S/C20H25N3O2/c1-15-14-17(15)18-7-5-16(25-18)6-8-20(24)23-12-10-22(11-13-23)19-4-2-3-9-21-19/h2-5,7,9,15,17H,6,8,10-14H2,1H3/t15-,17-/m0/s1. The van der Waals surface area contributed by atoms with Crippen molar-refractivity contribution in [3.05, 3.63) is 48.0 Å². The van der Waals surface area contributed by atoms with E-state index in [0.29, 0.717) is 18.8 Å². The molecule has 3 heterocycles. The van der Waals surface area contributed by atoms with Crippen molar-refractivity contribution in [3.8, 4) is 0 Å². The molecular formula is C20H25N3O2. The average Bonchev–Trinajstić information content (AvgIpc) is 3.20. The van der Waals surface area contributed by atoms with E-state index in [2.05, 4.69) is 22.9 Å². The lowest BCUT2D eigenvalue weighted by molar-refractivity contribution is -0.131. The van der Waals surface area contributed by atoms with E-state index in [1.54, 1.807) is 0 Å². The van der Waals surface area contributed by atoms with Gasteiger partial charge in [0.2, 0.25) is 5.91 Å². The Morgan fingerprint density at radius 3 is 2.68 bits per heavy atom. The van der Waals surface area contributed by atoms with Crippen LogP contribution < -0.4 is 4.90 Å². The molecule has 5 nitrogen and oxygen atoms in total. The van der Waals surface area contributed by atoms with E-state index < -0.39 is 0 Å². The Morgan fingerprint density at radius 2 is 2.00 bits per heavy atom. The first-order chi connectivity index (χ1) is 12.2. The molecule has 2 aliphatic rings. The Hall–Kier alpha value is -2.30. The summed E-state index contributed by atoms with van der Waals surface area (Å²) in [7, 11) is 0. The van der Waals surface area contributed by atoms with E-state index in [1.165, 1.54) is 6.42 Å². The summed E-state index contributed by atoms with van der Waals surface area (Å²) in [6, 6.07) is 10.1. The Labute approximate surface area is 148 Å². The fraction of sp³-hybridized carbons (Fsp3) is 0.500. The molecule has 1 amide bonds. The molecule has 0 spiro atoms. The monoisotopic (exact) mass is 339 g/mol. The van der Waals surface area contributed by atoms with Gasteiger partial charge in [-0.1, -0.05) is 13.0 Å².